The van der Waals surface area contributed by atoms with Crippen LogP contribution in [0.3, 0.4) is 0 Å². The summed E-state index contributed by atoms with van der Waals surface area (Å²) in [6, 6.07) is 1.60. The highest BCUT2D eigenvalue weighted by Gasteiger charge is 2.35. The molecule has 1 aromatic heterocycles. The van der Waals surface area contributed by atoms with Crippen molar-refractivity contribution in [2.45, 2.75) is 61.9 Å². The Kier molecular flexibility index (Phi) is 3.37. The molecule has 3 N–H and O–H groups in total. The molecule has 6 nitrogen and oxygen atoms in total. The number of hydrogen-bond donors (Lipinski definition) is 2. The summed E-state index contributed by atoms with van der Waals surface area (Å²) in [6.07, 6.45) is 7.58. The topological polar surface area (TPSA) is 94.2 Å². The fraction of sp³-hybridized carbons (Fsp3) is 0.643. The van der Waals surface area contributed by atoms with Gasteiger partial charge in [0, 0.05) is 17.8 Å². The van der Waals surface area contributed by atoms with Crippen LogP contribution in [-0.2, 0) is 10.0 Å². The number of sulfonamides is 1. The molecule has 1 amide bonds. The summed E-state index contributed by atoms with van der Waals surface area (Å²) in [4.78, 5) is 12.5. The van der Waals surface area contributed by atoms with Gasteiger partial charge in [0.25, 0.3) is 5.91 Å². The van der Waals surface area contributed by atoms with Crippen LogP contribution in [0.1, 0.15) is 62.0 Å². The third kappa shape index (κ3) is 2.72. The van der Waals surface area contributed by atoms with Crippen molar-refractivity contribution in [3.8, 4) is 0 Å². The van der Waals surface area contributed by atoms with Crippen LogP contribution in [0, 0.1) is 0 Å². The van der Waals surface area contributed by atoms with E-state index in [1.807, 2.05) is 6.92 Å². The van der Waals surface area contributed by atoms with Crippen LogP contribution in [0.2, 0.25) is 0 Å². The van der Waals surface area contributed by atoms with Crippen molar-refractivity contribution in [2.24, 2.45) is 5.14 Å². The maximum absolute atomic E-state index is 12.5. The van der Waals surface area contributed by atoms with Crippen LogP contribution in [0.15, 0.2) is 17.2 Å². The minimum absolute atomic E-state index is 0.0123. The lowest BCUT2D eigenvalue weighted by atomic mass is 9.78. The fourth-order valence-corrected chi connectivity index (χ4v) is 3.47. The van der Waals surface area contributed by atoms with Crippen LogP contribution in [0.4, 0.5) is 0 Å². The van der Waals surface area contributed by atoms with Crippen LogP contribution in [-0.4, -0.2) is 24.4 Å². The zero-order valence-corrected chi connectivity index (χ0v) is 12.9. The Balaban J connectivity index is 1.91. The van der Waals surface area contributed by atoms with E-state index in [0.717, 1.165) is 38.5 Å². The molecule has 2 aliphatic rings. The van der Waals surface area contributed by atoms with Crippen molar-refractivity contribution >= 4 is 15.9 Å². The maximum atomic E-state index is 12.5. The predicted molar refractivity (Wildman–Crippen MR) is 78.4 cm³/mol. The van der Waals surface area contributed by atoms with Crippen molar-refractivity contribution in [1.29, 1.82) is 0 Å². The van der Waals surface area contributed by atoms with E-state index >= 15 is 0 Å². The number of primary sulfonamides is 1. The summed E-state index contributed by atoms with van der Waals surface area (Å²) in [5, 5.41) is 8.21. The SMILES string of the molecule is CC1(NC(=O)c2cc(S(N)(=O)=O)cn2C2CCC2)CCC1. The highest BCUT2D eigenvalue weighted by molar-refractivity contribution is 7.89. The molecule has 2 fully saturated rings. The second-order valence-electron chi connectivity index (χ2n) is 6.47. The van der Waals surface area contributed by atoms with Gasteiger partial charge in [0.1, 0.15) is 10.6 Å². The van der Waals surface area contributed by atoms with Gasteiger partial charge < -0.3 is 9.88 Å². The molecule has 0 saturated heterocycles. The highest BCUT2D eigenvalue weighted by Crippen LogP contribution is 2.35. The fourth-order valence-electron chi connectivity index (χ4n) is 2.93. The van der Waals surface area contributed by atoms with E-state index in [0.29, 0.717) is 5.69 Å². The van der Waals surface area contributed by atoms with Gasteiger partial charge in [0.2, 0.25) is 10.0 Å². The smallest absolute Gasteiger partial charge is 0.268 e. The van der Waals surface area contributed by atoms with Crippen molar-refractivity contribution in [3.63, 3.8) is 0 Å². The summed E-state index contributed by atoms with van der Waals surface area (Å²) in [6.45, 7) is 2.02. The number of aromatic nitrogens is 1. The molecule has 0 aromatic carbocycles. The molecule has 2 saturated carbocycles. The number of nitrogens with one attached hydrogen (secondary N) is 1. The quantitative estimate of drug-likeness (QED) is 0.883. The number of rotatable bonds is 4. The standard InChI is InChI=1S/C14H21N3O3S/c1-14(6-3-7-14)16-13(18)12-8-11(21(15,19)20)9-17(12)10-4-2-5-10/h8-10H,2-7H2,1H3,(H,16,18)(H2,15,19,20). The normalized spacial score (nSPS) is 21.4. The number of nitrogens with zero attached hydrogens (tertiary/aromatic N) is 1. The molecule has 21 heavy (non-hydrogen) atoms. The average Bonchev–Trinajstić information content (AvgIpc) is 2.69. The van der Waals surface area contributed by atoms with Crippen LogP contribution in [0.5, 0.6) is 0 Å². The molecule has 0 spiro atoms. The highest BCUT2D eigenvalue weighted by atomic mass is 32.2. The van der Waals surface area contributed by atoms with Crippen LogP contribution in [0.25, 0.3) is 0 Å². The molecule has 1 aromatic rings. The lowest BCUT2D eigenvalue weighted by molar-refractivity contribution is 0.0835. The first kappa shape index (κ1) is 14.6. The van der Waals surface area contributed by atoms with E-state index in [4.69, 9.17) is 5.14 Å². The maximum Gasteiger partial charge on any atom is 0.268 e. The van der Waals surface area contributed by atoms with Crippen LogP contribution >= 0.6 is 0 Å². The van der Waals surface area contributed by atoms with Crippen molar-refractivity contribution in [2.75, 3.05) is 0 Å². The van der Waals surface area contributed by atoms with Gasteiger partial charge in [-0.3, -0.25) is 4.79 Å². The first-order chi connectivity index (χ1) is 9.78. The van der Waals surface area contributed by atoms with E-state index in [-0.39, 0.29) is 22.4 Å². The zero-order valence-electron chi connectivity index (χ0n) is 12.1. The molecule has 0 bridgehead atoms. The van der Waals surface area contributed by atoms with Gasteiger partial charge in [0.15, 0.2) is 0 Å². The Morgan fingerprint density at radius 1 is 1.38 bits per heavy atom. The van der Waals surface area contributed by atoms with Gasteiger partial charge in [-0.15, -0.1) is 0 Å². The third-order valence-electron chi connectivity index (χ3n) is 4.73. The Hall–Kier alpha value is -1.34. The van der Waals surface area contributed by atoms with Crippen molar-refractivity contribution < 1.29 is 13.2 Å². The monoisotopic (exact) mass is 311 g/mol. The second kappa shape index (κ2) is 4.84. The Labute approximate surface area is 124 Å². The van der Waals surface area contributed by atoms with Gasteiger partial charge in [-0.25, -0.2) is 13.6 Å². The molecular formula is C14H21N3O3S. The van der Waals surface area contributed by atoms with Gasteiger partial charge in [0.05, 0.1) is 0 Å². The number of hydrogen-bond acceptors (Lipinski definition) is 3. The van der Waals surface area contributed by atoms with Crippen LogP contribution < -0.4 is 10.5 Å². The molecule has 116 valence electrons. The Morgan fingerprint density at radius 3 is 2.48 bits per heavy atom. The number of carbonyl (C=O) groups excluding carboxylic acids is 1. The van der Waals surface area contributed by atoms with E-state index in [2.05, 4.69) is 5.32 Å². The number of carbonyl (C=O) groups is 1. The van der Waals surface area contributed by atoms with E-state index in [1.165, 1.54) is 12.3 Å². The predicted octanol–water partition coefficient (Wildman–Crippen LogP) is 1.53. The molecule has 0 unspecified atom stereocenters. The summed E-state index contributed by atoms with van der Waals surface area (Å²) in [5.74, 6) is -0.209. The van der Waals surface area contributed by atoms with Crippen molar-refractivity contribution in [1.82, 2.24) is 9.88 Å². The molecule has 7 heteroatoms. The van der Waals surface area contributed by atoms with Crippen molar-refractivity contribution in [3.05, 3.63) is 18.0 Å². The summed E-state index contributed by atoms with van der Waals surface area (Å²) >= 11 is 0. The first-order valence-corrected chi connectivity index (χ1v) is 8.90. The minimum atomic E-state index is -3.79. The number of nitrogens with two attached hydrogens (primary N) is 1. The molecule has 2 aliphatic carbocycles. The first-order valence-electron chi connectivity index (χ1n) is 7.36. The molecule has 0 atom stereocenters. The largest absolute Gasteiger partial charge is 0.346 e. The third-order valence-corrected chi connectivity index (χ3v) is 5.61. The van der Waals surface area contributed by atoms with E-state index < -0.39 is 10.0 Å². The van der Waals surface area contributed by atoms with E-state index in [1.54, 1.807) is 4.57 Å². The molecular weight excluding hydrogens is 290 g/mol. The Morgan fingerprint density at radius 2 is 2.05 bits per heavy atom. The molecule has 3 rings (SSSR count). The summed E-state index contributed by atoms with van der Waals surface area (Å²) < 4.78 is 24.8. The average molecular weight is 311 g/mol. The summed E-state index contributed by atoms with van der Waals surface area (Å²) in [5.41, 5.74) is 0.241. The van der Waals surface area contributed by atoms with Gasteiger partial charge >= 0.3 is 0 Å². The lowest BCUT2D eigenvalue weighted by Gasteiger charge is -2.39. The molecule has 1 heterocycles. The van der Waals surface area contributed by atoms with Gasteiger partial charge in [-0.1, -0.05) is 0 Å². The number of amides is 1. The second-order valence-corrected chi connectivity index (χ2v) is 8.03. The Bertz CT molecular complexity index is 670. The van der Waals surface area contributed by atoms with Gasteiger partial charge in [-0.2, -0.15) is 0 Å². The minimum Gasteiger partial charge on any atom is -0.346 e. The van der Waals surface area contributed by atoms with E-state index in [9.17, 15) is 13.2 Å². The molecule has 0 radical (unpaired) electrons. The summed E-state index contributed by atoms with van der Waals surface area (Å²) in [7, 11) is -3.79. The lowest BCUT2D eigenvalue weighted by Crippen LogP contribution is -2.51. The van der Waals surface area contributed by atoms with Gasteiger partial charge in [-0.05, 0) is 51.5 Å². The molecule has 0 aliphatic heterocycles. The zero-order chi connectivity index (χ0) is 15.3.